The lowest BCUT2D eigenvalue weighted by atomic mass is 10.0. The summed E-state index contributed by atoms with van der Waals surface area (Å²) in [5.74, 6) is -0.917. The van der Waals surface area contributed by atoms with Crippen LogP contribution >= 0.6 is 0 Å². The largest absolute Gasteiger partial charge is 0.478 e. The van der Waals surface area contributed by atoms with Gasteiger partial charge < -0.3 is 5.11 Å². The van der Waals surface area contributed by atoms with Crippen molar-refractivity contribution in [1.82, 2.24) is 0 Å². The van der Waals surface area contributed by atoms with Gasteiger partial charge >= 0.3 is 5.97 Å². The lowest BCUT2D eigenvalue weighted by Gasteiger charge is -2.12. The van der Waals surface area contributed by atoms with E-state index in [0.29, 0.717) is 0 Å². The summed E-state index contributed by atoms with van der Waals surface area (Å²) >= 11 is 0. The minimum atomic E-state index is -0.917. The Morgan fingerprint density at radius 3 is 2.23 bits per heavy atom. The Balaban J connectivity index is 3.44. The van der Waals surface area contributed by atoms with Crippen molar-refractivity contribution in [3.8, 4) is 0 Å². The first-order valence-electron chi connectivity index (χ1n) is 8.57. The van der Waals surface area contributed by atoms with Gasteiger partial charge in [0.1, 0.15) is 0 Å². The highest BCUT2D eigenvalue weighted by atomic mass is 17.1. The number of aliphatic carboxylic acids is 1. The van der Waals surface area contributed by atoms with Crippen molar-refractivity contribution in [3.63, 3.8) is 0 Å². The third-order valence-electron chi connectivity index (χ3n) is 3.66. The predicted octanol–water partition coefficient (Wildman–Crippen LogP) is 5.35. The summed E-state index contributed by atoms with van der Waals surface area (Å²) < 4.78 is 0. The summed E-state index contributed by atoms with van der Waals surface area (Å²) in [5, 5.41) is 17.3. The molecule has 0 rings (SSSR count). The Kier molecular flexibility index (Phi) is 15.4. The van der Waals surface area contributed by atoms with Crippen molar-refractivity contribution in [2.24, 2.45) is 0 Å². The molecule has 0 spiro atoms. The van der Waals surface area contributed by atoms with Crippen LogP contribution in [-0.2, 0) is 9.68 Å². The van der Waals surface area contributed by atoms with E-state index < -0.39 is 5.97 Å². The second-order valence-electron chi connectivity index (χ2n) is 5.69. The van der Waals surface area contributed by atoms with Gasteiger partial charge in [-0.15, -0.1) is 0 Å². The van der Waals surface area contributed by atoms with Crippen LogP contribution in [0.1, 0.15) is 77.6 Å². The number of carbonyl (C=O) groups is 1. The fourth-order valence-corrected chi connectivity index (χ4v) is 2.35. The van der Waals surface area contributed by atoms with Crippen LogP contribution < -0.4 is 0 Å². The van der Waals surface area contributed by atoms with E-state index in [1.807, 2.05) is 6.08 Å². The summed E-state index contributed by atoms with van der Waals surface area (Å²) in [7, 11) is 0. The van der Waals surface area contributed by atoms with Crippen LogP contribution in [0.15, 0.2) is 24.3 Å². The molecule has 0 aliphatic carbocycles. The Morgan fingerprint density at radius 2 is 1.64 bits per heavy atom. The Morgan fingerprint density at radius 1 is 1.00 bits per heavy atom. The van der Waals surface area contributed by atoms with Gasteiger partial charge in [0.05, 0.1) is 6.10 Å². The topological polar surface area (TPSA) is 66.8 Å². The molecular formula is C18H32O4. The number of carboxylic acid groups (broad SMARTS) is 1. The van der Waals surface area contributed by atoms with Crippen LogP contribution in [0.3, 0.4) is 0 Å². The van der Waals surface area contributed by atoms with Crippen molar-refractivity contribution >= 4 is 5.97 Å². The second kappa shape index (κ2) is 16.2. The molecule has 0 amide bonds. The SMILES string of the molecule is CCCCCCC(CCCCCCC=CC=CC(=O)O)OO. The Hall–Kier alpha value is -1.13. The fourth-order valence-electron chi connectivity index (χ4n) is 2.35. The third-order valence-corrected chi connectivity index (χ3v) is 3.66. The first-order chi connectivity index (χ1) is 10.7. The molecule has 4 nitrogen and oxygen atoms in total. The smallest absolute Gasteiger partial charge is 0.328 e. The normalized spacial score (nSPS) is 13.2. The van der Waals surface area contributed by atoms with Gasteiger partial charge in [-0.25, -0.2) is 9.68 Å². The quantitative estimate of drug-likeness (QED) is 0.141. The number of allylic oxidation sites excluding steroid dienone is 3. The van der Waals surface area contributed by atoms with Crippen molar-refractivity contribution in [3.05, 3.63) is 24.3 Å². The molecule has 128 valence electrons. The first kappa shape index (κ1) is 20.9. The molecule has 0 aromatic rings. The van der Waals surface area contributed by atoms with Crippen LogP contribution in [0.5, 0.6) is 0 Å². The van der Waals surface area contributed by atoms with Crippen molar-refractivity contribution < 1.29 is 20.0 Å². The summed E-state index contributed by atoms with van der Waals surface area (Å²) in [6.07, 6.45) is 18.6. The van der Waals surface area contributed by atoms with E-state index in [1.54, 1.807) is 12.2 Å². The van der Waals surface area contributed by atoms with Crippen molar-refractivity contribution in [2.45, 2.75) is 83.7 Å². The molecule has 0 saturated heterocycles. The summed E-state index contributed by atoms with van der Waals surface area (Å²) in [6, 6.07) is 0. The minimum absolute atomic E-state index is 0.00194. The minimum Gasteiger partial charge on any atom is -0.478 e. The monoisotopic (exact) mass is 312 g/mol. The Bertz CT molecular complexity index is 310. The molecule has 0 bridgehead atoms. The van der Waals surface area contributed by atoms with Gasteiger partial charge in [0.25, 0.3) is 0 Å². The zero-order valence-corrected chi connectivity index (χ0v) is 13.9. The van der Waals surface area contributed by atoms with Gasteiger partial charge in [-0.1, -0.05) is 70.1 Å². The molecule has 4 heteroatoms. The highest BCUT2D eigenvalue weighted by Gasteiger charge is 2.08. The zero-order valence-electron chi connectivity index (χ0n) is 13.9. The maximum Gasteiger partial charge on any atom is 0.328 e. The number of unbranched alkanes of at least 4 members (excludes halogenated alkanes) is 7. The van der Waals surface area contributed by atoms with Gasteiger partial charge in [-0.05, 0) is 25.7 Å². The Labute approximate surface area is 134 Å². The van der Waals surface area contributed by atoms with Crippen LogP contribution in [0.2, 0.25) is 0 Å². The second-order valence-corrected chi connectivity index (χ2v) is 5.69. The molecular weight excluding hydrogens is 280 g/mol. The van der Waals surface area contributed by atoms with Crippen LogP contribution in [0.4, 0.5) is 0 Å². The van der Waals surface area contributed by atoms with E-state index in [-0.39, 0.29) is 6.10 Å². The molecule has 0 aliphatic rings. The number of hydrogen-bond donors (Lipinski definition) is 2. The molecule has 0 aromatic heterocycles. The average Bonchev–Trinajstić information content (AvgIpc) is 2.50. The van der Waals surface area contributed by atoms with E-state index in [9.17, 15) is 4.79 Å². The van der Waals surface area contributed by atoms with Crippen molar-refractivity contribution in [2.75, 3.05) is 0 Å². The fraction of sp³-hybridized carbons (Fsp3) is 0.722. The first-order valence-corrected chi connectivity index (χ1v) is 8.57. The lowest BCUT2D eigenvalue weighted by Crippen LogP contribution is -2.10. The molecule has 1 atom stereocenters. The number of hydrogen-bond acceptors (Lipinski definition) is 3. The summed E-state index contributed by atoms with van der Waals surface area (Å²) in [4.78, 5) is 14.8. The van der Waals surface area contributed by atoms with E-state index in [0.717, 1.165) is 57.4 Å². The molecule has 0 radical (unpaired) electrons. The summed E-state index contributed by atoms with van der Waals surface area (Å²) in [6.45, 7) is 2.19. The highest BCUT2D eigenvalue weighted by Crippen LogP contribution is 2.15. The van der Waals surface area contributed by atoms with Gasteiger partial charge in [0.15, 0.2) is 0 Å². The molecule has 0 fully saturated rings. The number of carboxylic acids is 1. The maximum atomic E-state index is 10.2. The van der Waals surface area contributed by atoms with Crippen LogP contribution in [0.25, 0.3) is 0 Å². The average molecular weight is 312 g/mol. The van der Waals surface area contributed by atoms with Crippen molar-refractivity contribution in [1.29, 1.82) is 0 Å². The van der Waals surface area contributed by atoms with Gasteiger partial charge in [0, 0.05) is 6.08 Å². The predicted molar refractivity (Wildman–Crippen MR) is 89.9 cm³/mol. The van der Waals surface area contributed by atoms with E-state index >= 15 is 0 Å². The van der Waals surface area contributed by atoms with E-state index in [2.05, 4.69) is 11.8 Å². The third kappa shape index (κ3) is 15.3. The van der Waals surface area contributed by atoms with Gasteiger partial charge in [0.2, 0.25) is 0 Å². The lowest BCUT2D eigenvalue weighted by molar-refractivity contribution is -0.281. The van der Waals surface area contributed by atoms with E-state index in [4.69, 9.17) is 10.4 Å². The molecule has 0 saturated carbocycles. The van der Waals surface area contributed by atoms with Crippen LogP contribution in [-0.4, -0.2) is 22.4 Å². The van der Waals surface area contributed by atoms with E-state index in [1.165, 1.54) is 19.3 Å². The molecule has 0 aromatic carbocycles. The standard InChI is InChI=1S/C18H32O4/c1-2-3-4-11-14-17(22-21)15-12-9-7-5-6-8-10-13-16-18(19)20/h8,10,13,16-17,21H,2-7,9,11-12,14-15H2,1H3,(H,19,20). The maximum absolute atomic E-state index is 10.2. The van der Waals surface area contributed by atoms with Crippen LogP contribution in [0, 0.1) is 0 Å². The summed E-state index contributed by atoms with van der Waals surface area (Å²) in [5.41, 5.74) is 0. The molecule has 0 aliphatic heterocycles. The molecule has 22 heavy (non-hydrogen) atoms. The van der Waals surface area contributed by atoms with Gasteiger partial charge in [-0.3, -0.25) is 5.26 Å². The zero-order chi connectivity index (χ0) is 16.5. The molecule has 1 unspecified atom stereocenters. The molecule has 0 heterocycles. The highest BCUT2D eigenvalue weighted by molar-refractivity contribution is 5.80. The molecule has 2 N–H and O–H groups in total. The number of rotatable bonds is 15. The van der Waals surface area contributed by atoms with Gasteiger partial charge in [-0.2, -0.15) is 0 Å².